The van der Waals surface area contributed by atoms with Crippen molar-refractivity contribution in [1.29, 1.82) is 10.5 Å². The molecule has 0 aliphatic carbocycles. The smallest absolute Gasteiger partial charge is 0.0991 e. The summed E-state index contributed by atoms with van der Waals surface area (Å²) in [6.45, 7) is 20.2. The molecule has 0 fully saturated rings. The minimum absolute atomic E-state index is 0.740. The number of nitrogens with zero attached hydrogens (tertiary/aromatic N) is 2. The van der Waals surface area contributed by atoms with Crippen molar-refractivity contribution in [2.24, 2.45) is 0 Å². The predicted molar refractivity (Wildman–Crippen MR) is 155 cm³/mol. The van der Waals surface area contributed by atoms with E-state index in [9.17, 15) is 10.5 Å². The van der Waals surface area contributed by atoms with Crippen LogP contribution in [-0.4, -0.2) is 30.4 Å². The Morgan fingerprint density at radius 1 is 0.485 bits per heavy atom. The highest BCUT2D eigenvalue weighted by atomic mass is 32.1. The minimum atomic E-state index is -1.71. The van der Waals surface area contributed by atoms with Gasteiger partial charge in [0.1, 0.15) is 0 Å². The standard InChI is InChI=1S/C26H34N2SSi4/c1-30(2,23-13-9-21(19-27)10-14-23)32(5,6)25-17-18-26(29-25)33(7,8)31(3,4)24-15-11-22(20-28)12-16-24/h9-18H,1-8H3. The van der Waals surface area contributed by atoms with Crippen LogP contribution in [0.15, 0.2) is 60.7 Å². The third-order valence-electron chi connectivity index (χ3n) is 8.43. The third kappa shape index (κ3) is 4.41. The van der Waals surface area contributed by atoms with Crippen LogP contribution < -0.4 is 19.4 Å². The lowest BCUT2D eigenvalue weighted by atomic mass is 10.2. The number of hydrogen-bond donors (Lipinski definition) is 0. The average Bonchev–Trinajstić information content (AvgIpc) is 3.31. The van der Waals surface area contributed by atoms with Gasteiger partial charge in [0.2, 0.25) is 0 Å². The molecule has 33 heavy (non-hydrogen) atoms. The maximum atomic E-state index is 9.19. The summed E-state index contributed by atoms with van der Waals surface area (Å²) in [5.41, 5.74) is 1.48. The molecule has 1 aromatic heterocycles. The van der Waals surface area contributed by atoms with Crippen LogP contribution in [0.2, 0.25) is 52.4 Å². The van der Waals surface area contributed by atoms with Crippen LogP contribution in [0.4, 0.5) is 0 Å². The topological polar surface area (TPSA) is 47.6 Å². The van der Waals surface area contributed by atoms with Crippen LogP contribution >= 0.6 is 11.3 Å². The van der Waals surface area contributed by atoms with Gasteiger partial charge in [-0.15, -0.1) is 0 Å². The average molecular weight is 519 g/mol. The first-order chi connectivity index (χ1) is 15.3. The van der Waals surface area contributed by atoms with Crippen LogP contribution in [0.5, 0.6) is 0 Å². The molecule has 0 unspecified atom stereocenters. The number of benzene rings is 2. The monoisotopic (exact) mass is 518 g/mol. The lowest BCUT2D eigenvalue weighted by Crippen LogP contribution is -2.69. The van der Waals surface area contributed by atoms with Gasteiger partial charge in [0, 0.05) is 0 Å². The Bertz CT molecular complexity index is 1130. The van der Waals surface area contributed by atoms with Gasteiger partial charge in [-0.2, -0.15) is 21.9 Å². The fourth-order valence-corrected chi connectivity index (χ4v) is 28.5. The SMILES string of the molecule is C[Si](C)(c1ccc(C#N)cc1)[Si](C)(C)c1ccc([Si](C)(C)[Si](C)(C)c2ccc(C#N)cc2)s1. The van der Waals surface area contributed by atoms with E-state index in [1.54, 1.807) is 9.00 Å². The van der Waals surface area contributed by atoms with E-state index in [4.69, 9.17) is 0 Å². The van der Waals surface area contributed by atoms with E-state index >= 15 is 0 Å². The molecule has 3 rings (SSSR count). The van der Waals surface area contributed by atoms with Gasteiger partial charge in [-0.05, 0) is 33.3 Å². The number of hydrogen-bond acceptors (Lipinski definition) is 3. The van der Waals surface area contributed by atoms with Crippen molar-refractivity contribution in [2.45, 2.75) is 52.4 Å². The van der Waals surface area contributed by atoms with Gasteiger partial charge in [0.25, 0.3) is 0 Å². The van der Waals surface area contributed by atoms with Crippen LogP contribution in [-0.2, 0) is 0 Å². The van der Waals surface area contributed by atoms with Crippen LogP contribution in [0, 0.1) is 22.7 Å². The molecule has 3 aromatic rings. The molecule has 7 heteroatoms. The van der Waals surface area contributed by atoms with Gasteiger partial charge in [-0.3, -0.25) is 0 Å². The lowest BCUT2D eigenvalue weighted by Gasteiger charge is -2.39. The van der Waals surface area contributed by atoms with E-state index < -0.39 is 30.4 Å². The fourth-order valence-electron chi connectivity index (χ4n) is 4.27. The van der Waals surface area contributed by atoms with Gasteiger partial charge in [0.05, 0.1) is 53.6 Å². The summed E-state index contributed by atoms with van der Waals surface area (Å²) in [5.74, 6) is 0. The normalized spacial score (nSPS) is 12.8. The van der Waals surface area contributed by atoms with Crippen LogP contribution in [0.3, 0.4) is 0 Å². The van der Waals surface area contributed by atoms with Crippen molar-refractivity contribution < 1.29 is 0 Å². The molecule has 2 aromatic carbocycles. The Morgan fingerprint density at radius 2 is 0.788 bits per heavy atom. The second-order valence-corrected chi connectivity index (χ2v) is 43.1. The summed E-state index contributed by atoms with van der Waals surface area (Å²) in [6, 6.07) is 26.1. The molecule has 0 bridgehead atoms. The van der Waals surface area contributed by atoms with E-state index in [0.717, 1.165) is 11.1 Å². The largest absolute Gasteiger partial charge is 0.192 e. The van der Waals surface area contributed by atoms with Crippen molar-refractivity contribution in [2.75, 3.05) is 0 Å². The van der Waals surface area contributed by atoms with E-state index in [1.807, 2.05) is 24.3 Å². The highest BCUT2D eigenvalue weighted by Crippen LogP contribution is 2.25. The lowest BCUT2D eigenvalue weighted by molar-refractivity contribution is 1.49. The van der Waals surface area contributed by atoms with Crippen molar-refractivity contribution in [3.05, 3.63) is 71.8 Å². The van der Waals surface area contributed by atoms with Crippen molar-refractivity contribution in [3.8, 4) is 12.1 Å². The predicted octanol–water partition coefficient (Wildman–Crippen LogP) is 4.71. The first kappa shape index (κ1) is 25.6. The first-order valence-corrected chi connectivity index (χ1v) is 26.2. The maximum Gasteiger partial charge on any atom is 0.0991 e. The molecule has 1 heterocycles. The van der Waals surface area contributed by atoms with Gasteiger partial charge in [0.15, 0.2) is 0 Å². The molecule has 0 spiro atoms. The summed E-state index contributed by atoms with van der Waals surface area (Å²) in [4.78, 5) is 0. The van der Waals surface area contributed by atoms with Gasteiger partial charge >= 0.3 is 0 Å². The highest BCUT2D eigenvalue weighted by Gasteiger charge is 2.48. The number of thiophene rings is 1. The molecular weight excluding hydrogens is 485 g/mol. The third-order valence-corrected chi connectivity index (χ3v) is 48.6. The number of rotatable bonds is 6. The summed E-state index contributed by atoms with van der Waals surface area (Å²) < 4.78 is 3.23. The Hall–Kier alpha value is -2.01. The summed E-state index contributed by atoms with van der Waals surface area (Å²) in [7, 11) is -6.84. The number of nitriles is 2. The van der Waals surface area contributed by atoms with E-state index in [1.165, 1.54) is 10.4 Å². The van der Waals surface area contributed by atoms with Crippen molar-refractivity contribution >= 4 is 61.1 Å². The minimum Gasteiger partial charge on any atom is -0.192 e. The fraction of sp³-hybridized carbons (Fsp3) is 0.308. The first-order valence-electron chi connectivity index (χ1n) is 11.4. The molecule has 0 atom stereocenters. The van der Waals surface area contributed by atoms with Crippen LogP contribution in [0.25, 0.3) is 0 Å². The second kappa shape index (κ2) is 8.97. The van der Waals surface area contributed by atoms with E-state index in [-0.39, 0.29) is 0 Å². The molecule has 0 aliphatic heterocycles. The van der Waals surface area contributed by atoms with Crippen molar-refractivity contribution in [3.63, 3.8) is 0 Å². The summed E-state index contributed by atoms with van der Waals surface area (Å²) >= 11 is 2.09. The maximum absolute atomic E-state index is 9.19. The summed E-state index contributed by atoms with van der Waals surface area (Å²) in [5, 5.41) is 21.3. The van der Waals surface area contributed by atoms with E-state index in [2.05, 4.69) is 112 Å². The highest BCUT2D eigenvalue weighted by molar-refractivity contribution is 7.60. The van der Waals surface area contributed by atoms with Crippen LogP contribution in [0.1, 0.15) is 11.1 Å². The molecule has 0 aliphatic rings. The molecule has 2 nitrogen and oxygen atoms in total. The zero-order valence-electron chi connectivity index (χ0n) is 21.1. The Morgan fingerprint density at radius 3 is 1.06 bits per heavy atom. The molecule has 0 N–H and O–H groups in total. The molecule has 170 valence electrons. The Balaban J connectivity index is 1.97. The molecular formula is C26H34N2SSi4. The van der Waals surface area contributed by atoms with Gasteiger partial charge in [-0.25, -0.2) is 0 Å². The van der Waals surface area contributed by atoms with Crippen molar-refractivity contribution in [1.82, 2.24) is 0 Å². The second-order valence-electron chi connectivity index (χ2n) is 11.0. The Kier molecular flexibility index (Phi) is 6.96. The zero-order chi connectivity index (χ0) is 24.7. The van der Waals surface area contributed by atoms with E-state index in [0.29, 0.717) is 0 Å². The molecule has 0 amide bonds. The Labute approximate surface area is 207 Å². The van der Waals surface area contributed by atoms with Gasteiger partial charge in [-0.1, -0.05) is 99.1 Å². The molecule has 0 saturated heterocycles. The summed E-state index contributed by atoms with van der Waals surface area (Å²) in [6.07, 6.45) is 0. The molecule has 0 saturated carbocycles. The quantitative estimate of drug-likeness (QED) is 0.444. The van der Waals surface area contributed by atoms with Gasteiger partial charge < -0.3 is 0 Å². The molecule has 0 radical (unpaired) electrons. The zero-order valence-corrected chi connectivity index (χ0v) is 25.9.